The van der Waals surface area contributed by atoms with Gasteiger partial charge in [0.25, 0.3) is 5.91 Å². The number of fused-ring (bicyclic) bond motifs is 1. The minimum atomic E-state index is 0.129. The first-order valence-corrected chi connectivity index (χ1v) is 7.10. The van der Waals surface area contributed by atoms with Crippen molar-refractivity contribution in [1.82, 2.24) is 9.88 Å². The maximum atomic E-state index is 12.6. The lowest BCUT2D eigenvalue weighted by Crippen LogP contribution is -2.54. The molecule has 1 fully saturated rings. The third kappa shape index (κ3) is 2.17. The summed E-state index contributed by atoms with van der Waals surface area (Å²) >= 11 is 0. The largest absolute Gasteiger partial charge is 0.338 e. The molecule has 3 nitrogen and oxygen atoms in total. The molecule has 20 heavy (non-hydrogen) atoms. The third-order valence-corrected chi connectivity index (χ3v) is 4.27. The van der Waals surface area contributed by atoms with Crippen molar-refractivity contribution in [3.8, 4) is 0 Å². The average Bonchev–Trinajstić information content (AvgIpc) is 2.34. The molecule has 1 aliphatic rings. The molecule has 0 unspecified atom stereocenters. The molecule has 104 valence electrons. The van der Waals surface area contributed by atoms with Crippen LogP contribution in [0.1, 0.15) is 31.1 Å². The predicted octanol–water partition coefficient (Wildman–Crippen LogP) is 3.35. The smallest absolute Gasteiger partial charge is 0.254 e. The highest BCUT2D eigenvalue weighted by Crippen LogP contribution is 2.34. The van der Waals surface area contributed by atoms with E-state index in [9.17, 15) is 4.79 Å². The van der Waals surface area contributed by atoms with Gasteiger partial charge in [-0.1, -0.05) is 39.0 Å². The Balaban J connectivity index is 1.85. The van der Waals surface area contributed by atoms with Crippen molar-refractivity contribution in [2.24, 2.45) is 11.3 Å². The molecule has 1 saturated heterocycles. The first kappa shape index (κ1) is 13.1. The molecule has 1 aliphatic heterocycles. The number of rotatable bonds is 1. The van der Waals surface area contributed by atoms with E-state index in [2.05, 4.69) is 25.8 Å². The molecule has 0 aliphatic carbocycles. The second-order valence-electron chi connectivity index (χ2n) is 6.65. The van der Waals surface area contributed by atoms with Crippen LogP contribution < -0.4 is 0 Å². The number of hydrogen-bond donors (Lipinski definition) is 0. The van der Waals surface area contributed by atoms with E-state index in [0.717, 1.165) is 29.6 Å². The molecule has 3 rings (SSSR count). The topological polar surface area (TPSA) is 33.2 Å². The molecular formula is C17H20N2O. The predicted molar refractivity (Wildman–Crippen MR) is 80.6 cm³/mol. The molecule has 3 heteroatoms. The number of benzene rings is 1. The highest BCUT2D eigenvalue weighted by molar-refractivity contribution is 6.06. The van der Waals surface area contributed by atoms with E-state index in [4.69, 9.17) is 0 Å². The van der Waals surface area contributed by atoms with Crippen molar-refractivity contribution in [2.45, 2.75) is 20.8 Å². The fourth-order valence-electron chi connectivity index (χ4n) is 2.64. The first-order chi connectivity index (χ1) is 9.47. The summed E-state index contributed by atoms with van der Waals surface area (Å²) in [6, 6.07) is 9.64. The summed E-state index contributed by atoms with van der Waals surface area (Å²) in [5.74, 6) is 0.726. The standard InChI is InChI=1S/C17H20N2O/c1-17(2,3)12-10-19(11-12)16(20)14-8-9-18-15-7-5-4-6-13(14)15/h4-9,12H,10-11H2,1-3H3. The molecule has 2 heterocycles. The van der Waals surface area contributed by atoms with Crippen LogP contribution in [-0.2, 0) is 0 Å². The van der Waals surface area contributed by atoms with Crippen molar-refractivity contribution in [3.05, 3.63) is 42.1 Å². The number of para-hydroxylation sites is 1. The van der Waals surface area contributed by atoms with Crippen LogP contribution in [0.3, 0.4) is 0 Å². The molecule has 1 aromatic heterocycles. The quantitative estimate of drug-likeness (QED) is 0.794. The fourth-order valence-corrected chi connectivity index (χ4v) is 2.64. The van der Waals surface area contributed by atoms with E-state index in [1.807, 2.05) is 35.2 Å². The van der Waals surface area contributed by atoms with Crippen LogP contribution in [0.25, 0.3) is 10.9 Å². The van der Waals surface area contributed by atoms with Crippen LogP contribution >= 0.6 is 0 Å². The number of hydrogen-bond acceptors (Lipinski definition) is 2. The Morgan fingerprint density at radius 1 is 1.20 bits per heavy atom. The number of aromatic nitrogens is 1. The van der Waals surface area contributed by atoms with Crippen molar-refractivity contribution >= 4 is 16.8 Å². The van der Waals surface area contributed by atoms with Gasteiger partial charge < -0.3 is 4.90 Å². The Morgan fingerprint density at radius 2 is 1.90 bits per heavy atom. The van der Waals surface area contributed by atoms with E-state index in [0.29, 0.717) is 5.92 Å². The Morgan fingerprint density at radius 3 is 2.60 bits per heavy atom. The molecule has 1 aromatic carbocycles. The zero-order valence-electron chi connectivity index (χ0n) is 12.3. The van der Waals surface area contributed by atoms with Crippen molar-refractivity contribution in [2.75, 3.05) is 13.1 Å². The van der Waals surface area contributed by atoms with Gasteiger partial charge in [0.05, 0.1) is 11.1 Å². The van der Waals surface area contributed by atoms with E-state index < -0.39 is 0 Å². The first-order valence-electron chi connectivity index (χ1n) is 7.10. The molecule has 0 spiro atoms. The van der Waals surface area contributed by atoms with Crippen LogP contribution in [0, 0.1) is 11.3 Å². The highest BCUT2D eigenvalue weighted by Gasteiger charge is 2.38. The molecule has 0 N–H and O–H groups in total. The third-order valence-electron chi connectivity index (χ3n) is 4.27. The summed E-state index contributed by atoms with van der Waals surface area (Å²) in [4.78, 5) is 18.9. The van der Waals surface area contributed by atoms with Gasteiger partial charge in [-0.15, -0.1) is 0 Å². The van der Waals surface area contributed by atoms with E-state index in [-0.39, 0.29) is 11.3 Å². The maximum absolute atomic E-state index is 12.6. The normalized spacial score (nSPS) is 16.2. The average molecular weight is 268 g/mol. The minimum absolute atomic E-state index is 0.129. The van der Waals surface area contributed by atoms with Gasteiger partial charge in [0.2, 0.25) is 0 Å². The van der Waals surface area contributed by atoms with Crippen molar-refractivity contribution in [1.29, 1.82) is 0 Å². The highest BCUT2D eigenvalue weighted by atomic mass is 16.2. The lowest BCUT2D eigenvalue weighted by molar-refractivity contribution is 0.0212. The Kier molecular flexibility index (Phi) is 3.00. The van der Waals surface area contributed by atoms with Crippen molar-refractivity contribution < 1.29 is 4.79 Å². The molecular weight excluding hydrogens is 248 g/mol. The summed E-state index contributed by atoms with van der Waals surface area (Å²) in [6.07, 6.45) is 1.72. The maximum Gasteiger partial charge on any atom is 0.254 e. The zero-order chi connectivity index (χ0) is 14.3. The van der Waals surface area contributed by atoms with Crippen molar-refractivity contribution in [3.63, 3.8) is 0 Å². The van der Waals surface area contributed by atoms with Gasteiger partial charge in [-0.25, -0.2) is 0 Å². The molecule has 0 bridgehead atoms. The molecule has 1 amide bonds. The number of nitrogens with zero attached hydrogens (tertiary/aromatic N) is 2. The summed E-state index contributed by atoms with van der Waals surface area (Å²) in [6.45, 7) is 8.43. The Hall–Kier alpha value is -1.90. The second kappa shape index (κ2) is 4.58. The number of carbonyl (C=O) groups is 1. The number of amides is 1. The van der Waals surface area contributed by atoms with Gasteiger partial charge in [0.1, 0.15) is 0 Å². The van der Waals surface area contributed by atoms with Crippen LogP contribution in [0.2, 0.25) is 0 Å². The number of carbonyl (C=O) groups excluding carboxylic acids is 1. The van der Waals surface area contributed by atoms with Gasteiger partial charge in [-0.3, -0.25) is 9.78 Å². The Labute approximate surface area is 119 Å². The fraction of sp³-hybridized carbons (Fsp3) is 0.412. The second-order valence-corrected chi connectivity index (χ2v) is 6.65. The van der Waals surface area contributed by atoms with E-state index in [1.54, 1.807) is 6.20 Å². The van der Waals surface area contributed by atoms with Gasteiger partial charge >= 0.3 is 0 Å². The number of pyridine rings is 1. The lowest BCUT2D eigenvalue weighted by Gasteiger charge is -2.46. The molecule has 0 saturated carbocycles. The summed E-state index contributed by atoms with van der Waals surface area (Å²) in [5.41, 5.74) is 1.92. The Bertz CT molecular complexity index is 646. The van der Waals surface area contributed by atoms with Gasteiger partial charge in [-0.05, 0) is 23.5 Å². The zero-order valence-corrected chi connectivity index (χ0v) is 12.3. The number of likely N-dealkylation sites (tertiary alicyclic amines) is 1. The summed E-state index contributed by atoms with van der Waals surface area (Å²) in [7, 11) is 0. The van der Waals surface area contributed by atoms with Crippen LogP contribution in [-0.4, -0.2) is 28.9 Å². The minimum Gasteiger partial charge on any atom is -0.338 e. The SMILES string of the molecule is CC(C)(C)C1CN(C(=O)c2ccnc3ccccc23)C1. The van der Waals surface area contributed by atoms with E-state index in [1.165, 1.54) is 0 Å². The molecule has 0 radical (unpaired) electrons. The van der Waals surface area contributed by atoms with Crippen LogP contribution in [0.5, 0.6) is 0 Å². The molecule has 2 aromatic rings. The monoisotopic (exact) mass is 268 g/mol. The molecule has 0 atom stereocenters. The van der Waals surface area contributed by atoms with E-state index >= 15 is 0 Å². The van der Waals surface area contributed by atoms with Gasteiger partial charge in [0, 0.05) is 24.7 Å². The summed E-state index contributed by atoms with van der Waals surface area (Å²) < 4.78 is 0. The summed E-state index contributed by atoms with van der Waals surface area (Å²) in [5, 5.41) is 0.944. The van der Waals surface area contributed by atoms with Gasteiger partial charge in [0.15, 0.2) is 0 Å². The lowest BCUT2D eigenvalue weighted by atomic mass is 9.76. The van der Waals surface area contributed by atoms with Crippen LogP contribution in [0.15, 0.2) is 36.5 Å². The van der Waals surface area contributed by atoms with Gasteiger partial charge in [-0.2, -0.15) is 0 Å². The van der Waals surface area contributed by atoms with Crippen LogP contribution in [0.4, 0.5) is 0 Å².